The molecule has 0 bridgehead atoms. The zero-order chi connectivity index (χ0) is 14.1. The molecule has 5 heteroatoms. The number of aryl methyl sites for hydroxylation is 1. The number of rotatable bonds is 2. The van der Waals surface area contributed by atoms with Crippen molar-refractivity contribution in [2.75, 3.05) is 12.3 Å². The molecule has 1 aromatic heterocycles. The predicted molar refractivity (Wildman–Crippen MR) is 89.4 cm³/mol. The van der Waals surface area contributed by atoms with Gasteiger partial charge in [0.15, 0.2) is 0 Å². The Bertz CT molecular complexity index is 623. The summed E-state index contributed by atoms with van der Waals surface area (Å²) in [5, 5.41) is 0.171. The molecule has 0 saturated carbocycles. The van der Waals surface area contributed by atoms with Gasteiger partial charge in [-0.25, -0.2) is 0 Å². The molecule has 1 amide bonds. The molecule has 1 fully saturated rings. The van der Waals surface area contributed by atoms with E-state index in [4.69, 9.17) is 0 Å². The molecule has 1 aromatic carbocycles. The van der Waals surface area contributed by atoms with Crippen molar-refractivity contribution in [3.63, 3.8) is 0 Å². The van der Waals surface area contributed by atoms with Gasteiger partial charge in [0.25, 0.3) is 5.91 Å². The van der Waals surface area contributed by atoms with E-state index in [1.807, 2.05) is 40.9 Å². The van der Waals surface area contributed by atoms with Crippen LogP contribution in [0.4, 0.5) is 0 Å². The molecular weight excluding hydrogens is 354 g/mol. The fourth-order valence-electron chi connectivity index (χ4n) is 2.26. The normalized spacial score (nSPS) is 18.5. The van der Waals surface area contributed by atoms with Crippen LogP contribution in [-0.4, -0.2) is 23.1 Å². The quantitative estimate of drug-likeness (QED) is 0.765. The van der Waals surface area contributed by atoms with Gasteiger partial charge in [0.2, 0.25) is 0 Å². The number of halogens is 1. The first-order valence-corrected chi connectivity index (χ1v) is 9.05. The molecular formula is C15H14BrNOS2. The van der Waals surface area contributed by atoms with Crippen molar-refractivity contribution in [2.45, 2.75) is 12.3 Å². The molecule has 2 heterocycles. The van der Waals surface area contributed by atoms with Gasteiger partial charge in [-0.1, -0.05) is 15.9 Å². The molecule has 0 spiro atoms. The summed E-state index contributed by atoms with van der Waals surface area (Å²) in [4.78, 5) is 17.2. The van der Waals surface area contributed by atoms with E-state index < -0.39 is 0 Å². The van der Waals surface area contributed by atoms with E-state index in [0.29, 0.717) is 0 Å². The Hall–Kier alpha value is -0.780. The number of thiophene rings is 1. The third-order valence-electron chi connectivity index (χ3n) is 3.25. The summed E-state index contributed by atoms with van der Waals surface area (Å²) in [6.45, 7) is 2.93. The summed E-state index contributed by atoms with van der Waals surface area (Å²) >= 11 is 7.03. The van der Waals surface area contributed by atoms with Crippen molar-refractivity contribution in [3.8, 4) is 0 Å². The van der Waals surface area contributed by atoms with Crippen LogP contribution in [-0.2, 0) is 0 Å². The van der Waals surface area contributed by atoms with E-state index in [9.17, 15) is 4.79 Å². The second-order valence-electron chi connectivity index (χ2n) is 4.68. The fourth-order valence-corrected chi connectivity index (χ4v) is 4.89. The molecule has 20 heavy (non-hydrogen) atoms. The average Bonchev–Trinajstić information content (AvgIpc) is 3.07. The van der Waals surface area contributed by atoms with Gasteiger partial charge in [-0.2, -0.15) is 0 Å². The van der Waals surface area contributed by atoms with Crippen LogP contribution < -0.4 is 0 Å². The van der Waals surface area contributed by atoms with Crippen molar-refractivity contribution in [1.29, 1.82) is 0 Å². The first kappa shape index (κ1) is 14.2. The van der Waals surface area contributed by atoms with Gasteiger partial charge in [-0.3, -0.25) is 4.79 Å². The number of amides is 1. The van der Waals surface area contributed by atoms with Gasteiger partial charge in [0, 0.05) is 32.1 Å². The molecule has 0 aliphatic carbocycles. The minimum atomic E-state index is 0.124. The van der Waals surface area contributed by atoms with Crippen LogP contribution in [0.3, 0.4) is 0 Å². The molecule has 1 saturated heterocycles. The molecule has 3 rings (SSSR count). The Balaban J connectivity index is 1.85. The lowest BCUT2D eigenvalue weighted by molar-refractivity contribution is 0.0762. The standard InChI is InChI=1S/C15H14BrNOS2/c1-10-2-7-13(20-10)15-17(8-9-19-15)14(18)11-3-5-12(16)6-4-11/h2-7,15H,8-9H2,1H3/t15-/m1/s1. The van der Waals surface area contributed by atoms with E-state index in [1.165, 1.54) is 9.75 Å². The molecule has 0 unspecified atom stereocenters. The zero-order valence-corrected chi connectivity index (χ0v) is 14.2. The van der Waals surface area contributed by atoms with Gasteiger partial charge in [-0.05, 0) is 43.3 Å². The lowest BCUT2D eigenvalue weighted by Gasteiger charge is -2.23. The van der Waals surface area contributed by atoms with Gasteiger partial charge >= 0.3 is 0 Å². The molecule has 1 aliphatic rings. The minimum absolute atomic E-state index is 0.124. The second-order valence-corrected chi connectivity index (χ2v) is 8.10. The smallest absolute Gasteiger partial charge is 0.255 e. The maximum absolute atomic E-state index is 12.7. The molecule has 104 valence electrons. The SMILES string of the molecule is Cc1ccc([C@H]2SCCN2C(=O)c2ccc(Br)cc2)s1. The van der Waals surface area contributed by atoms with Crippen LogP contribution >= 0.6 is 39.0 Å². The topological polar surface area (TPSA) is 20.3 Å². The number of hydrogen-bond donors (Lipinski definition) is 0. The Labute approximate surface area is 135 Å². The third-order valence-corrected chi connectivity index (χ3v) is 6.22. The third kappa shape index (κ3) is 2.80. The van der Waals surface area contributed by atoms with Crippen molar-refractivity contribution in [2.24, 2.45) is 0 Å². The zero-order valence-electron chi connectivity index (χ0n) is 11.0. The van der Waals surface area contributed by atoms with E-state index in [-0.39, 0.29) is 11.3 Å². The monoisotopic (exact) mass is 367 g/mol. The summed E-state index contributed by atoms with van der Waals surface area (Å²) in [5.74, 6) is 1.13. The summed E-state index contributed by atoms with van der Waals surface area (Å²) in [6.07, 6.45) is 0. The highest BCUT2D eigenvalue weighted by Crippen LogP contribution is 2.41. The summed E-state index contributed by atoms with van der Waals surface area (Å²) in [5.41, 5.74) is 0.758. The maximum Gasteiger partial charge on any atom is 0.255 e. The largest absolute Gasteiger partial charge is 0.321 e. The highest BCUT2D eigenvalue weighted by atomic mass is 79.9. The van der Waals surface area contributed by atoms with Crippen molar-refractivity contribution < 1.29 is 4.79 Å². The number of carbonyl (C=O) groups is 1. The molecule has 2 nitrogen and oxygen atoms in total. The maximum atomic E-state index is 12.7. The number of hydrogen-bond acceptors (Lipinski definition) is 3. The van der Waals surface area contributed by atoms with E-state index in [0.717, 1.165) is 22.3 Å². The summed E-state index contributed by atoms with van der Waals surface area (Å²) in [6, 6.07) is 11.9. The van der Waals surface area contributed by atoms with Crippen LogP contribution in [0, 0.1) is 6.92 Å². The van der Waals surface area contributed by atoms with Crippen molar-refractivity contribution >= 4 is 44.9 Å². The molecule has 0 N–H and O–H groups in total. The van der Waals surface area contributed by atoms with E-state index in [1.54, 1.807) is 11.3 Å². The molecule has 1 atom stereocenters. The Kier molecular flexibility index (Phi) is 4.19. The Morgan fingerprint density at radius 1 is 1.25 bits per heavy atom. The van der Waals surface area contributed by atoms with Crippen molar-refractivity contribution in [1.82, 2.24) is 4.90 Å². The first-order valence-electron chi connectivity index (χ1n) is 6.39. The van der Waals surface area contributed by atoms with E-state index >= 15 is 0 Å². The van der Waals surface area contributed by atoms with Gasteiger partial charge < -0.3 is 4.90 Å². The minimum Gasteiger partial charge on any atom is -0.321 e. The number of benzene rings is 1. The fraction of sp³-hybridized carbons (Fsp3) is 0.267. The number of nitrogens with zero attached hydrogens (tertiary/aromatic N) is 1. The van der Waals surface area contributed by atoms with Gasteiger partial charge in [0.1, 0.15) is 5.37 Å². The van der Waals surface area contributed by atoms with Crippen LogP contribution in [0.2, 0.25) is 0 Å². The lowest BCUT2D eigenvalue weighted by atomic mass is 10.2. The first-order chi connectivity index (χ1) is 9.65. The highest BCUT2D eigenvalue weighted by Gasteiger charge is 2.32. The lowest BCUT2D eigenvalue weighted by Crippen LogP contribution is -2.30. The molecule has 2 aromatic rings. The van der Waals surface area contributed by atoms with Crippen LogP contribution in [0.15, 0.2) is 40.9 Å². The van der Waals surface area contributed by atoms with Crippen LogP contribution in [0.25, 0.3) is 0 Å². The van der Waals surface area contributed by atoms with Gasteiger partial charge in [-0.15, -0.1) is 23.1 Å². The Morgan fingerprint density at radius 3 is 2.65 bits per heavy atom. The Morgan fingerprint density at radius 2 is 2.00 bits per heavy atom. The second kappa shape index (κ2) is 5.92. The predicted octanol–water partition coefficient (Wildman–Crippen LogP) is 4.71. The van der Waals surface area contributed by atoms with Crippen LogP contribution in [0.1, 0.15) is 25.5 Å². The number of thioether (sulfide) groups is 1. The summed E-state index contributed by atoms with van der Waals surface area (Å²) in [7, 11) is 0. The van der Waals surface area contributed by atoms with Crippen molar-refractivity contribution in [3.05, 3.63) is 56.2 Å². The molecule has 0 radical (unpaired) electrons. The van der Waals surface area contributed by atoms with E-state index in [2.05, 4.69) is 35.0 Å². The summed E-state index contributed by atoms with van der Waals surface area (Å²) < 4.78 is 0.996. The highest BCUT2D eigenvalue weighted by molar-refractivity contribution is 9.10. The van der Waals surface area contributed by atoms with Gasteiger partial charge in [0.05, 0.1) is 0 Å². The number of carbonyl (C=O) groups excluding carboxylic acids is 1. The van der Waals surface area contributed by atoms with Crippen LogP contribution in [0.5, 0.6) is 0 Å². The molecule has 1 aliphatic heterocycles. The average molecular weight is 368 g/mol.